The van der Waals surface area contributed by atoms with Crippen molar-refractivity contribution in [3.8, 4) is 0 Å². The van der Waals surface area contributed by atoms with Gasteiger partial charge in [-0.15, -0.1) is 11.8 Å². The van der Waals surface area contributed by atoms with Gasteiger partial charge in [-0.3, -0.25) is 19.7 Å². The number of nitrogens with one attached hydrogen (secondary N) is 1. The fraction of sp³-hybridized carbons (Fsp3) is 0.467. The second kappa shape index (κ2) is 8.52. The van der Waals surface area contributed by atoms with E-state index in [0.717, 1.165) is 4.90 Å². The van der Waals surface area contributed by atoms with Gasteiger partial charge in [-0.2, -0.15) is 0 Å². The number of carboxylic acid groups (broad SMARTS) is 1. The molecule has 0 fully saturated rings. The van der Waals surface area contributed by atoms with Crippen molar-refractivity contribution in [3.63, 3.8) is 0 Å². The molecular formula is C15H20N2O5S. The second-order valence-electron chi connectivity index (χ2n) is 5.51. The summed E-state index contributed by atoms with van der Waals surface area (Å²) >= 11 is 1.36. The van der Waals surface area contributed by atoms with Gasteiger partial charge >= 0.3 is 5.97 Å². The van der Waals surface area contributed by atoms with E-state index in [0.29, 0.717) is 6.42 Å². The number of carboxylic acids is 1. The zero-order valence-corrected chi connectivity index (χ0v) is 14.1. The molecule has 0 spiro atoms. The Balaban J connectivity index is 2.92. The molecule has 1 rings (SSSR count). The van der Waals surface area contributed by atoms with Crippen molar-refractivity contribution in [2.24, 2.45) is 11.8 Å². The van der Waals surface area contributed by atoms with E-state index < -0.39 is 22.7 Å². The monoisotopic (exact) mass is 340 g/mol. The van der Waals surface area contributed by atoms with Crippen LogP contribution in [0.2, 0.25) is 0 Å². The predicted octanol–water partition coefficient (Wildman–Crippen LogP) is 2.79. The number of benzene rings is 1. The zero-order chi connectivity index (χ0) is 17.6. The highest BCUT2D eigenvalue weighted by Crippen LogP contribution is 2.24. The largest absolute Gasteiger partial charge is 0.481 e. The molecule has 1 unspecified atom stereocenters. The van der Waals surface area contributed by atoms with Crippen LogP contribution < -0.4 is 5.32 Å². The molecule has 0 aliphatic carbocycles. The molecule has 0 aromatic heterocycles. The summed E-state index contributed by atoms with van der Waals surface area (Å²) in [5, 5.41) is 22.7. The third-order valence-corrected chi connectivity index (χ3v) is 3.98. The summed E-state index contributed by atoms with van der Waals surface area (Å²) in [5.41, 5.74) is -0.355. The van der Waals surface area contributed by atoms with Crippen LogP contribution in [0.3, 0.4) is 0 Å². The maximum Gasteiger partial charge on any atom is 0.308 e. The van der Waals surface area contributed by atoms with Crippen LogP contribution in [0.1, 0.15) is 30.6 Å². The summed E-state index contributed by atoms with van der Waals surface area (Å²) in [6.07, 6.45) is 2.22. The summed E-state index contributed by atoms with van der Waals surface area (Å²) in [5.74, 6) is -2.18. The molecule has 0 aliphatic rings. The van der Waals surface area contributed by atoms with Gasteiger partial charge in [0.25, 0.3) is 11.6 Å². The smallest absolute Gasteiger partial charge is 0.308 e. The van der Waals surface area contributed by atoms with Crippen molar-refractivity contribution < 1.29 is 19.6 Å². The minimum absolute atomic E-state index is 0.0597. The van der Waals surface area contributed by atoms with Gasteiger partial charge in [0.15, 0.2) is 0 Å². The number of thioether (sulfide) groups is 1. The second-order valence-corrected chi connectivity index (χ2v) is 6.39. The fourth-order valence-corrected chi connectivity index (χ4v) is 2.57. The number of hydrogen-bond donors (Lipinski definition) is 2. The number of nitro groups is 1. The van der Waals surface area contributed by atoms with Crippen LogP contribution in [0.15, 0.2) is 23.1 Å². The summed E-state index contributed by atoms with van der Waals surface area (Å²) in [4.78, 5) is 34.6. The van der Waals surface area contributed by atoms with E-state index in [1.54, 1.807) is 12.3 Å². The van der Waals surface area contributed by atoms with Gasteiger partial charge in [-0.05, 0) is 30.7 Å². The van der Waals surface area contributed by atoms with Gasteiger partial charge in [-0.1, -0.05) is 13.8 Å². The summed E-state index contributed by atoms with van der Waals surface area (Å²) in [6, 6.07) is 4.29. The normalized spacial score (nSPS) is 12.0. The molecule has 0 radical (unpaired) electrons. The van der Waals surface area contributed by atoms with Gasteiger partial charge in [-0.25, -0.2) is 0 Å². The Hall–Kier alpha value is -2.09. The number of carbonyl (C=O) groups is 2. The molecule has 126 valence electrons. The highest BCUT2D eigenvalue weighted by molar-refractivity contribution is 7.98. The van der Waals surface area contributed by atoms with Gasteiger partial charge < -0.3 is 10.4 Å². The maximum absolute atomic E-state index is 12.2. The Morgan fingerprint density at radius 3 is 2.52 bits per heavy atom. The van der Waals surface area contributed by atoms with E-state index in [-0.39, 0.29) is 23.7 Å². The van der Waals surface area contributed by atoms with Crippen molar-refractivity contribution in [2.75, 3.05) is 12.8 Å². The summed E-state index contributed by atoms with van der Waals surface area (Å²) < 4.78 is 0. The van der Waals surface area contributed by atoms with Crippen molar-refractivity contribution in [2.45, 2.75) is 25.2 Å². The molecule has 0 bridgehead atoms. The summed E-state index contributed by atoms with van der Waals surface area (Å²) in [7, 11) is 0. The molecule has 1 atom stereocenters. The van der Waals surface area contributed by atoms with Crippen LogP contribution in [-0.4, -0.2) is 34.7 Å². The lowest BCUT2D eigenvalue weighted by molar-refractivity contribution is -0.385. The first-order valence-electron chi connectivity index (χ1n) is 7.09. The quantitative estimate of drug-likeness (QED) is 0.428. The number of aliphatic carboxylic acids is 1. The van der Waals surface area contributed by atoms with E-state index in [1.165, 1.54) is 23.9 Å². The van der Waals surface area contributed by atoms with Crippen LogP contribution in [0.5, 0.6) is 0 Å². The highest BCUT2D eigenvalue weighted by Gasteiger charge is 2.24. The number of rotatable bonds is 8. The van der Waals surface area contributed by atoms with Crippen LogP contribution in [0.25, 0.3) is 0 Å². The first-order valence-corrected chi connectivity index (χ1v) is 8.32. The Labute approximate surface area is 138 Å². The molecule has 1 aromatic rings. The number of amides is 1. The number of hydrogen-bond acceptors (Lipinski definition) is 5. The van der Waals surface area contributed by atoms with E-state index in [4.69, 9.17) is 5.11 Å². The lowest BCUT2D eigenvalue weighted by atomic mass is 9.97. The van der Waals surface area contributed by atoms with Gasteiger partial charge in [0, 0.05) is 17.5 Å². The molecule has 23 heavy (non-hydrogen) atoms. The predicted molar refractivity (Wildman–Crippen MR) is 87.8 cm³/mol. The standard InChI is InChI=1S/C15H20N2O5S/c1-9(2)6-10(15(19)20)8-16-14(18)12-7-11(23-3)4-5-13(12)17(21)22/h4-5,7,9-10H,6,8H2,1-3H3,(H,16,18)(H,19,20). The van der Waals surface area contributed by atoms with Crippen molar-refractivity contribution >= 4 is 29.3 Å². The van der Waals surface area contributed by atoms with E-state index in [2.05, 4.69) is 5.32 Å². The van der Waals surface area contributed by atoms with Gasteiger partial charge in [0.1, 0.15) is 5.56 Å². The Morgan fingerprint density at radius 2 is 2.04 bits per heavy atom. The first kappa shape index (κ1) is 19.0. The van der Waals surface area contributed by atoms with Crippen molar-refractivity contribution in [1.29, 1.82) is 0 Å². The number of nitro benzene ring substituents is 1. The number of carbonyl (C=O) groups excluding carboxylic acids is 1. The molecule has 2 N–H and O–H groups in total. The molecule has 0 saturated carbocycles. The third kappa shape index (κ3) is 5.55. The highest BCUT2D eigenvalue weighted by atomic mass is 32.2. The van der Waals surface area contributed by atoms with Crippen molar-refractivity contribution in [3.05, 3.63) is 33.9 Å². The Morgan fingerprint density at radius 1 is 1.39 bits per heavy atom. The average Bonchev–Trinajstić information content (AvgIpc) is 2.49. The fourth-order valence-electron chi connectivity index (χ4n) is 2.13. The van der Waals surface area contributed by atoms with Crippen LogP contribution in [0.4, 0.5) is 5.69 Å². The minimum atomic E-state index is -0.994. The Kier molecular flexibility index (Phi) is 7.02. The minimum Gasteiger partial charge on any atom is -0.481 e. The first-order chi connectivity index (χ1) is 10.8. The molecule has 1 amide bonds. The maximum atomic E-state index is 12.2. The topological polar surface area (TPSA) is 110 Å². The summed E-state index contributed by atoms with van der Waals surface area (Å²) in [6.45, 7) is 3.72. The molecule has 0 aliphatic heterocycles. The molecule has 7 nitrogen and oxygen atoms in total. The Bertz CT molecular complexity index is 604. The van der Waals surface area contributed by atoms with E-state index in [1.807, 2.05) is 13.8 Å². The van der Waals surface area contributed by atoms with Gasteiger partial charge in [0.05, 0.1) is 10.8 Å². The lowest BCUT2D eigenvalue weighted by Crippen LogP contribution is -2.34. The molecule has 0 saturated heterocycles. The zero-order valence-electron chi connectivity index (χ0n) is 13.2. The van der Waals surface area contributed by atoms with Crippen molar-refractivity contribution in [1.82, 2.24) is 5.32 Å². The molecule has 8 heteroatoms. The molecule has 1 aromatic carbocycles. The van der Waals surface area contributed by atoms with Crippen LogP contribution in [0, 0.1) is 22.0 Å². The van der Waals surface area contributed by atoms with Crippen LogP contribution in [-0.2, 0) is 4.79 Å². The van der Waals surface area contributed by atoms with Gasteiger partial charge in [0.2, 0.25) is 0 Å². The lowest BCUT2D eigenvalue weighted by Gasteiger charge is -2.15. The molecular weight excluding hydrogens is 320 g/mol. The van der Waals surface area contributed by atoms with E-state index in [9.17, 15) is 19.7 Å². The van der Waals surface area contributed by atoms with E-state index >= 15 is 0 Å². The SMILES string of the molecule is CSc1ccc([N+](=O)[O-])c(C(=O)NCC(CC(C)C)C(=O)O)c1. The third-order valence-electron chi connectivity index (χ3n) is 3.26. The molecule has 0 heterocycles. The average molecular weight is 340 g/mol. The van der Waals surface area contributed by atoms with Crippen LogP contribution >= 0.6 is 11.8 Å². The number of nitrogens with zero attached hydrogens (tertiary/aromatic N) is 1.